The van der Waals surface area contributed by atoms with E-state index in [1.54, 1.807) is 28.4 Å². The molecule has 0 aliphatic heterocycles. The Kier molecular flexibility index (Phi) is 5.88. The molecular formula is C21H17ClN4O2S. The van der Waals surface area contributed by atoms with Gasteiger partial charge in [-0.2, -0.15) is 5.10 Å². The van der Waals surface area contributed by atoms with Gasteiger partial charge in [-0.15, -0.1) is 11.3 Å². The summed E-state index contributed by atoms with van der Waals surface area (Å²) in [6.45, 7) is 1.13. The zero-order valence-electron chi connectivity index (χ0n) is 15.3. The van der Waals surface area contributed by atoms with Crippen molar-refractivity contribution in [2.45, 2.75) is 6.54 Å². The van der Waals surface area contributed by atoms with Crippen molar-refractivity contribution in [3.63, 3.8) is 0 Å². The second-order valence-corrected chi connectivity index (χ2v) is 7.44. The van der Waals surface area contributed by atoms with Crippen LogP contribution in [0.3, 0.4) is 0 Å². The predicted molar refractivity (Wildman–Crippen MR) is 115 cm³/mol. The lowest BCUT2D eigenvalue weighted by Crippen LogP contribution is -2.12. The summed E-state index contributed by atoms with van der Waals surface area (Å²) in [5, 5.41) is 10.1. The van der Waals surface area contributed by atoms with Gasteiger partial charge in [0.25, 0.3) is 5.91 Å². The van der Waals surface area contributed by atoms with Crippen LogP contribution in [0.4, 0.5) is 5.69 Å². The van der Waals surface area contributed by atoms with Gasteiger partial charge in [0.05, 0.1) is 6.54 Å². The van der Waals surface area contributed by atoms with Crippen molar-refractivity contribution < 1.29 is 9.53 Å². The summed E-state index contributed by atoms with van der Waals surface area (Å²) in [5.41, 5.74) is 1.88. The second-order valence-electron chi connectivity index (χ2n) is 6.15. The minimum atomic E-state index is -0.275. The zero-order valence-corrected chi connectivity index (χ0v) is 16.9. The van der Waals surface area contributed by atoms with E-state index < -0.39 is 0 Å². The number of carbonyl (C=O) groups excluding carboxylic acids is 1. The summed E-state index contributed by atoms with van der Waals surface area (Å²) in [7, 11) is 0. The van der Waals surface area contributed by atoms with E-state index in [2.05, 4.69) is 15.4 Å². The van der Waals surface area contributed by atoms with Crippen LogP contribution in [0.5, 0.6) is 5.75 Å². The standard InChI is InChI=1S/C21H17ClN4O2S/c22-16-5-1-4-15(12-16)21-25-19(14-29-21)20(27)24-17-6-2-7-18(13-17)28-11-10-26-9-3-8-23-26/h1-9,12-14H,10-11H2,(H,24,27). The molecule has 0 unspecified atom stereocenters. The number of nitrogens with zero attached hydrogens (tertiary/aromatic N) is 3. The number of halogens is 1. The van der Waals surface area contributed by atoms with Crippen molar-refractivity contribution in [2.75, 3.05) is 11.9 Å². The Morgan fingerprint density at radius 3 is 2.90 bits per heavy atom. The van der Waals surface area contributed by atoms with Gasteiger partial charge in [-0.3, -0.25) is 9.48 Å². The van der Waals surface area contributed by atoms with Gasteiger partial charge in [-0.05, 0) is 30.3 Å². The van der Waals surface area contributed by atoms with E-state index in [1.165, 1.54) is 11.3 Å². The molecule has 0 bridgehead atoms. The van der Waals surface area contributed by atoms with Gasteiger partial charge in [0, 0.05) is 40.1 Å². The lowest BCUT2D eigenvalue weighted by atomic mass is 10.2. The Bertz CT molecular complexity index is 1110. The number of thiazole rings is 1. The third kappa shape index (κ3) is 5.01. The average molecular weight is 425 g/mol. The number of rotatable bonds is 7. The molecule has 2 aromatic heterocycles. The summed E-state index contributed by atoms with van der Waals surface area (Å²) < 4.78 is 7.54. The Labute approximate surface area is 176 Å². The van der Waals surface area contributed by atoms with Crippen LogP contribution in [-0.4, -0.2) is 27.3 Å². The minimum Gasteiger partial charge on any atom is -0.492 e. The van der Waals surface area contributed by atoms with E-state index in [9.17, 15) is 4.79 Å². The van der Waals surface area contributed by atoms with Crippen LogP contribution in [0.2, 0.25) is 5.02 Å². The van der Waals surface area contributed by atoms with Crippen LogP contribution < -0.4 is 10.1 Å². The Balaban J connectivity index is 1.38. The highest BCUT2D eigenvalue weighted by Gasteiger charge is 2.13. The van der Waals surface area contributed by atoms with Crippen molar-refractivity contribution >= 4 is 34.5 Å². The number of hydrogen-bond donors (Lipinski definition) is 1. The molecule has 29 heavy (non-hydrogen) atoms. The first kappa shape index (κ1) is 19.2. The SMILES string of the molecule is O=C(Nc1cccc(OCCn2cccn2)c1)c1csc(-c2cccc(Cl)c2)n1. The van der Waals surface area contributed by atoms with E-state index in [1.807, 2.05) is 48.7 Å². The highest BCUT2D eigenvalue weighted by Crippen LogP contribution is 2.26. The van der Waals surface area contributed by atoms with Crippen molar-refractivity contribution in [2.24, 2.45) is 0 Å². The average Bonchev–Trinajstić information content (AvgIpc) is 3.41. The summed E-state index contributed by atoms with van der Waals surface area (Å²) >= 11 is 7.43. The number of nitrogens with one attached hydrogen (secondary N) is 1. The molecule has 0 saturated carbocycles. The van der Waals surface area contributed by atoms with Gasteiger partial charge in [0.1, 0.15) is 23.1 Å². The topological polar surface area (TPSA) is 69.0 Å². The molecule has 4 rings (SSSR count). The van der Waals surface area contributed by atoms with E-state index in [4.69, 9.17) is 16.3 Å². The fourth-order valence-corrected chi connectivity index (χ4v) is 3.67. The van der Waals surface area contributed by atoms with Gasteiger partial charge in [-0.1, -0.05) is 29.8 Å². The van der Waals surface area contributed by atoms with E-state index in [-0.39, 0.29) is 5.91 Å². The largest absolute Gasteiger partial charge is 0.492 e. The molecule has 6 nitrogen and oxygen atoms in total. The number of benzene rings is 2. The minimum absolute atomic E-state index is 0.275. The summed E-state index contributed by atoms with van der Waals surface area (Å²) in [6, 6.07) is 16.5. The highest BCUT2D eigenvalue weighted by molar-refractivity contribution is 7.13. The van der Waals surface area contributed by atoms with Crippen LogP contribution in [0.25, 0.3) is 10.6 Å². The molecular weight excluding hydrogens is 408 g/mol. The number of anilines is 1. The van der Waals surface area contributed by atoms with Crippen molar-refractivity contribution in [1.82, 2.24) is 14.8 Å². The normalized spacial score (nSPS) is 10.7. The molecule has 0 radical (unpaired) electrons. The lowest BCUT2D eigenvalue weighted by Gasteiger charge is -2.09. The quantitative estimate of drug-likeness (QED) is 0.453. The monoisotopic (exact) mass is 424 g/mol. The van der Waals surface area contributed by atoms with Crippen LogP contribution in [0, 0.1) is 0 Å². The smallest absolute Gasteiger partial charge is 0.275 e. The molecule has 0 aliphatic carbocycles. The number of hydrogen-bond acceptors (Lipinski definition) is 5. The first-order valence-corrected chi connectivity index (χ1v) is 10.2. The molecule has 1 N–H and O–H groups in total. The maximum atomic E-state index is 12.6. The third-order valence-electron chi connectivity index (χ3n) is 4.05. The molecule has 146 valence electrons. The van der Waals surface area contributed by atoms with Crippen LogP contribution in [0.1, 0.15) is 10.5 Å². The van der Waals surface area contributed by atoms with Gasteiger partial charge >= 0.3 is 0 Å². The second kappa shape index (κ2) is 8.89. The van der Waals surface area contributed by atoms with Crippen LogP contribution in [-0.2, 0) is 6.54 Å². The molecule has 0 saturated heterocycles. The Hall–Kier alpha value is -3.16. The van der Waals surface area contributed by atoms with Gasteiger partial charge in [0.15, 0.2) is 0 Å². The summed E-state index contributed by atoms with van der Waals surface area (Å²) in [4.78, 5) is 17.0. The summed E-state index contributed by atoms with van der Waals surface area (Å²) in [5.74, 6) is 0.399. The molecule has 0 spiro atoms. The van der Waals surface area contributed by atoms with E-state index in [0.29, 0.717) is 35.3 Å². The van der Waals surface area contributed by atoms with Crippen molar-refractivity contribution in [1.29, 1.82) is 0 Å². The van der Waals surface area contributed by atoms with E-state index >= 15 is 0 Å². The first-order chi connectivity index (χ1) is 14.2. The van der Waals surface area contributed by atoms with Crippen LogP contribution in [0.15, 0.2) is 72.4 Å². The zero-order chi connectivity index (χ0) is 20.1. The lowest BCUT2D eigenvalue weighted by molar-refractivity contribution is 0.102. The molecule has 0 fully saturated rings. The summed E-state index contributed by atoms with van der Waals surface area (Å²) in [6.07, 6.45) is 3.61. The maximum absolute atomic E-state index is 12.6. The first-order valence-electron chi connectivity index (χ1n) is 8.90. The van der Waals surface area contributed by atoms with Crippen LogP contribution >= 0.6 is 22.9 Å². The van der Waals surface area contributed by atoms with Gasteiger partial charge in [-0.25, -0.2) is 4.98 Å². The van der Waals surface area contributed by atoms with Gasteiger partial charge in [0.2, 0.25) is 0 Å². The fourth-order valence-electron chi connectivity index (χ4n) is 2.68. The molecule has 2 heterocycles. The molecule has 0 atom stereocenters. The predicted octanol–water partition coefficient (Wildman–Crippen LogP) is 4.99. The molecule has 8 heteroatoms. The van der Waals surface area contributed by atoms with Gasteiger partial charge < -0.3 is 10.1 Å². The molecule has 2 aromatic carbocycles. The number of carbonyl (C=O) groups is 1. The Morgan fingerprint density at radius 2 is 2.07 bits per heavy atom. The fraction of sp³-hybridized carbons (Fsp3) is 0.0952. The molecule has 0 aliphatic rings. The number of amides is 1. The van der Waals surface area contributed by atoms with E-state index in [0.717, 1.165) is 10.6 Å². The maximum Gasteiger partial charge on any atom is 0.275 e. The number of ether oxygens (including phenoxy) is 1. The molecule has 1 amide bonds. The molecule has 4 aromatic rings. The number of aromatic nitrogens is 3. The Morgan fingerprint density at radius 1 is 1.17 bits per heavy atom. The third-order valence-corrected chi connectivity index (χ3v) is 5.18. The van der Waals surface area contributed by atoms with Crippen molar-refractivity contribution in [3.8, 4) is 16.3 Å². The highest BCUT2D eigenvalue weighted by atomic mass is 35.5. The van der Waals surface area contributed by atoms with Crippen molar-refractivity contribution in [3.05, 3.63) is 83.1 Å².